The van der Waals surface area contributed by atoms with Crippen LogP contribution in [0.2, 0.25) is 0 Å². The summed E-state index contributed by atoms with van der Waals surface area (Å²) in [7, 11) is -4.16. The Kier molecular flexibility index (Phi) is 5.27. The van der Waals surface area contributed by atoms with Crippen molar-refractivity contribution in [1.29, 1.82) is 0 Å². The second-order valence-electron chi connectivity index (χ2n) is 8.00. The Hall–Kier alpha value is -2.53. The number of cyclic esters (lactones) is 1. The summed E-state index contributed by atoms with van der Waals surface area (Å²) >= 11 is 0. The van der Waals surface area contributed by atoms with Crippen LogP contribution in [0.1, 0.15) is 39.0 Å². The fourth-order valence-electron chi connectivity index (χ4n) is 4.61. The van der Waals surface area contributed by atoms with E-state index in [1.165, 1.54) is 0 Å². The van der Waals surface area contributed by atoms with Crippen molar-refractivity contribution in [3.63, 3.8) is 0 Å². The number of non-ortho nitro benzene ring substituents is 1. The van der Waals surface area contributed by atoms with Crippen molar-refractivity contribution >= 4 is 27.7 Å². The quantitative estimate of drug-likeness (QED) is 0.294. The molecule has 3 aliphatic heterocycles. The standard InChI is InChI=1S/C19H22N2O8S/c1-11-10-17(28-19(11)23)15-7-6-14-16(8-9-18(22)20(14)15)29-30(26,27)13-4-2-12(3-5-13)21(24)25/h2-5,11,14-17H,6-10H2,1H3/t11-,14-,15-,16+,17-/m0/s1. The average molecular weight is 438 g/mol. The van der Waals surface area contributed by atoms with E-state index in [0.29, 0.717) is 19.3 Å². The molecular weight excluding hydrogens is 416 g/mol. The molecule has 3 saturated heterocycles. The number of hydrogen-bond acceptors (Lipinski definition) is 8. The number of fused-ring (bicyclic) bond motifs is 1. The van der Waals surface area contributed by atoms with E-state index in [1.807, 2.05) is 0 Å². The van der Waals surface area contributed by atoms with Crippen LogP contribution in [0.4, 0.5) is 5.69 Å². The zero-order chi connectivity index (χ0) is 21.6. The van der Waals surface area contributed by atoms with Crippen molar-refractivity contribution < 1.29 is 31.9 Å². The van der Waals surface area contributed by atoms with Gasteiger partial charge in [0.25, 0.3) is 15.8 Å². The third-order valence-electron chi connectivity index (χ3n) is 6.10. The maximum atomic E-state index is 12.7. The number of esters is 1. The lowest BCUT2D eigenvalue weighted by Crippen LogP contribution is -2.54. The number of carbonyl (C=O) groups excluding carboxylic acids is 2. The largest absolute Gasteiger partial charge is 0.460 e. The number of rotatable bonds is 5. The van der Waals surface area contributed by atoms with Gasteiger partial charge in [-0.25, -0.2) is 0 Å². The van der Waals surface area contributed by atoms with Gasteiger partial charge < -0.3 is 9.64 Å². The smallest absolute Gasteiger partial charge is 0.309 e. The van der Waals surface area contributed by atoms with Crippen molar-refractivity contribution in [2.24, 2.45) is 5.92 Å². The molecule has 10 nitrogen and oxygen atoms in total. The summed E-state index contributed by atoms with van der Waals surface area (Å²) in [6, 6.07) is 3.79. The molecule has 0 radical (unpaired) electrons. The van der Waals surface area contributed by atoms with Gasteiger partial charge in [-0.1, -0.05) is 6.92 Å². The van der Waals surface area contributed by atoms with Crippen LogP contribution in [0, 0.1) is 16.0 Å². The first-order valence-electron chi connectivity index (χ1n) is 9.87. The highest BCUT2D eigenvalue weighted by atomic mass is 32.2. The number of benzene rings is 1. The van der Waals surface area contributed by atoms with Gasteiger partial charge in [0.1, 0.15) is 6.10 Å². The first-order chi connectivity index (χ1) is 14.2. The zero-order valence-electron chi connectivity index (χ0n) is 16.3. The SMILES string of the molecule is C[C@H]1C[C@@H]([C@@H]2CC[C@H]3[C@H](OS(=O)(=O)c4ccc([N+](=O)[O-])cc4)CCC(=O)N23)OC1=O. The topological polar surface area (TPSA) is 133 Å². The van der Waals surface area contributed by atoms with E-state index in [1.54, 1.807) is 11.8 Å². The van der Waals surface area contributed by atoms with Crippen molar-refractivity contribution in [3.8, 4) is 0 Å². The molecule has 0 bridgehead atoms. The number of piperidine rings is 1. The number of amides is 1. The molecule has 4 rings (SSSR count). The molecule has 0 unspecified atom stereocenters. The summed E-state index contributed by atoms with van der Waals surface area (Å²) in [5, 5.41) is 10.8. The van der Waals surface area contributed by atoms with Gasteiger partial charge in [0.2, 0.25) is 5.91 Å². The molecule has 0 spiro atoms. The van der Waals surface area contributed by atoms with E-state index in [4.69, 9.17) is 8.92 Å². The highest BCUT2D eigenvalue weighted by Crippen LogP contribution is 2.40. The van der Waals surface area contributed by atoms with Crippen LogP contribution in [-0.2, 0) is 28.6 Å². The summed E-state index contributed by atoms with van der Waals surface area (Å²) in [6.07, 6.45) is 1.00. The molecule has 3 aliphatic rings. The van der Waals surface area contributed by atoms with Gasteiger partial charge in [-0.05, 0) is 37.8 Å². The van der Waals surface area contributed by atoms with Crippen LogP contribution in [-0.4, -0.2) is 54.4 Å². The minimum atomic E-state index is -4.16. The number of nitro benzene ring substituents is 1. The molecule has 30 heavy (non-hydrogen) atoms. The van der Waals surface area contributed by atoms with Crippen LogP contribution < -0.4 is 0 Å². The first-order valence-corrected chi connectivity index (χ1v) is 11.3. The Balaban J connectivity index is 1.51. The highest BCUT2D eigenvalue weighted by molar-refractivity contribution is 7.86. The molecule has 162 valence electrons. The molecule has 11 heteroatoms. The second kappa shape index (κ2) is 7.62. The molecule has 5 atom stereocenters. The Bertz CT molecular complexity index is 977. The van der Waals surface area contributed by atoms with Gasteiger partial charge in [0, 0.05) is 18.6 Å². The molecule has 1 aromatic rings. The van der Waals surface area contributed by atoms with Gasteiger partial charge in [0.05, 0.1) is 33.9 Å². The van der Waals surface area contributed by atoms with Gasteiger partial charge in [-0.3, -0.25) is 23.9 Å². The predicted molar refractivity (Wildman–Crippen MR) is 102 cm³/mol. The molecular formula is C19H22N2O8S. The Morgan fingerprint density at radius 1 is 1.13 bits per heavy atom. The van der Waals surface area contributed by atoms with E-state index in [-0.39, 0.29) is 53.4 Å². The molecule has 0 aromatic heterocycles. The molecule has 3 fully saturated rings. The van der Waals surface area contributed by atoms with Crippen LogP contribution >= 0.6 is 0 Å². The zero-order valence-corrected chi connectivity index (χ0v) is 17.1. The predicted octanol–water partition coefficient (Wildman–Crippen LogP) is 1.77. The molecule has 0 aliphatic carbocycles. The summed E-state index contributed by atoms with van der Waals surface area (Å²) < 4.78 is 36.3. The van der Waals surface area contributed by atoms with Gasteiger partial charge >= 0.3 is 5.97 Å². The van der Waals surface area contributed by atoms with Crippen molar-refractivity contribution in [1.82, 2.24) is 4.90 Å². The number of hydrogen-bond donors (Lipinski definition) is 0. The van der Waals surface area contributed by atoms with Crippen molar-refractivity contribution in [3.05, 3.63) is 34.4 Å². The molecule has 1 aromatic carbocycles. The second-order valence-corrected chi connectivity index (χ2v) is 9.58. The lowest BCUT2D eigenvalue weighted by atomic mass is 9.98. The van der Waals surface area contributed by atoms with Crippen LogP contribution in [0.5, 0.6) is 0 Å². The normalized spacial score (nSPS) is 31.5. The van der Waals surface area contributed by atoms with Gasteiger partial charge in [-0.15, -0.1) is 0 Å². The minimum Gasteiger partial charge on any atom is -0.460 e. The molecule has 0 N–H and O–H groups in total. The van der Waals surface area contributed by atoms with E-state index in [0.717, 1.165) is 24.3 Å². The first kappa shape index (κ1) is 20.7. The summed E-state index contributed by atoms with van der Waals surface area (Å²) in [4.78, 5) is 36.0. The molecule has 3 heterocycles. The van der Waals surface area contributed by atoms with Crippen LogP contribution in [0.25, 0.3) is 0 Å². The van der Waals surface area contributed by atoms with Crippen LogP contribution in [0.3, 0.4) is 0 Å². The van der Waals surface area contributed by atoms with Gasteiger partial charge in [-0.2, -0.15) is 8.42 Å². The fourth-order valence-corrected chi connectivity index (χ4v) is 5.74. The van der Waals surface area contributed by atoms with Crippen molar-refractivity contribution in [2.45, 2.75) is 68.2 Å². The highest BCUT2D eigenvalue weighted by Gasteiger charge is 2.51. The number of nitro groups is 1. The molecule has 1 amide bonds. The third-order valence-corrected chi connectivity index (χ3v) is 7.45. The van der Waals surface area contributed by atoms with E-state index >= 15 is 0 Å². The lowest BCUT2D eigenvalue weighted by Gasteiger charge is -2.39. The molecule has 0 saturated carbocycles. The summed E-state index contributed by atoms with van der Waals surface area (Å²) in [5.74, 6) is -0.587. The minimum absolute atomic E-state index is 0.0920. The summed E-state index contributed by atoms with van der Waals surface area (Å²) in [5.41, 5.74) is -0.220. The van der Waals surface area contributed by atoms with E-state index in [9.17, 15) is 28.1 Å². The van der Waals surface area contributed by atoms with Crippen molar-refractivity contribution in [2.75, 3.05) is 0 Å². The van der Waals surface area contributed by atoms with E-state index < -0.39 is 27.2 Å². The maximum absolute atomic E-state index is 12.7. The summed E-state index contributed by atoms with van der Waals surface area (Å²) in [6.45, 7) is 1.79. The van der Waals surface area contributed by atoms with Crippen LogP contribution in [0.15, 0.2) is 29.2 Å². The lowest BCUT2D eigenvalue weighted by molar-refractivity contribution is -0.384. The maximum Gasteiger partial charge on any atom is 0.309 e. The monoisotopic (exact) mass is 438 g/mol. The number of nitrogens with zero attached hydrogens (tertiary/aromatic N) is 2. The average Bonchev–Trinajstić information content (AvgIpc) is 3.28. The fraction of sp³-hybridized carbons (Fsp3) is 0.579. The number of carbonyl (C=O) groups is 2. The Labute approximate surface area is 173 Å². The van der Waals surface area contributed by atoms with Gasteiger partial charge in [0.15, 0.2) is 0 Å². The third kappa shape index (κ3) is 3.67. The Morgan fingerprint density at radius 3 is 2.40 bits per heavy atom. The Morgan fingerprint density at radius 2 is 1.80 bits per heavy atom. The number of ether oxygens (including phenoxy) is 1. The van der Waals surface area contributed by atoms with E-state index in [2.05, 4.69) is 0 Å².